The van der Waals surface area contributed by atoms with Crippen LogP contribution in [0.5, 0.6) is 5.75 Å². The lowest BCUT2D eigenvalue weighted by atomic mass is 10.1. The normalized spacial score (nSPS) is 13.2. The van der Waals surface area contributed by atoms with Gasteiger partial charge in [0.25, 0.3) is 0 Å². The van der Waals surface area contributed by atoms with Crippen molar-refractivity contribution in [3.05, 3.63) is 53.6 Å². The number of carbonyl (C=O) groups is 1. The van der Waals surface area contributed by atoms with Gasteiger partial charge in [-0.05, 0) is 49.7 Å². The molecule has 1 aliphatic rings. The molecule has 0 radical (unpaired) electrons. The van der Waals surface area contributed by atoms with Crippen LogP contribution in [0.1, 0.15) is 30.9 Å². The van der Waals surface area contributed by atoms with E-state index in [1.54, 1.807) is 12.1 Å². The highest BCUT2D eigenvalue weighted by molar-refractivity contribution is 5.97. The van der Waals surface area contributed by atoms with E-state index in [0.717, 1.165) is 42.9 Å². The SMILES string of the molecule is CC(=N)N1CCC(Oc2ccc(NC(=O)CNc3cc(C(=N)N)ccc3C)cc2)CC1.Cl.Cl. The van der Waals surface area contributed by atoms with Crippen molar-refractivity contribution in [2.45, 2.75) is 32.8 Å². The summed E-state index contributed by atoms with van der Waals surface area (Å²) in [5.74, 6) is 1.20. The minimum absolute atomic E-state index is 0. The fourth-order valence-electron chi connectivity index (χ4n) is 3.48. The van der Waals surface area contributed by atoms with Crippen molar-refractivity contribution in [2.24, 2.45) is 5.73 Å². The number of nitrogens with two attached hydrogens (primary N) is 1. The number of hydrogen-bond donors (Lipinski definition) is 5. The number of carbonyl (C=O) groups excluding carboxylic acids is 1. The summed E-state index contributed by atoms with van der Waals surface area (Å²) in [6, 6.07) is 12.8. The second-order valence-electron chi connectivity index (χ2n) is 7.76. The third kappa shape index (κ3) is 8.14. The molecule has 1 saturated heterocycles. The Hall–Kier alpha value is -2.97. The zero-order chi connectivity index (χ0) is 22.4. The van der Waals surface area contributed by atoms with Crippen LogP contribution in [0.25, 0.3) is 0 Å². The Morgan fingerprint density at radius 1 is 1.12 bits per heavy atom. The van der Waals surface area contributed by atoms with Crippen molar-refractivity contribution in [3.63, 3.8) is 0 Å². The third-order valence-corrected chi connectivity index (χ3v) is 5.35. The molecule has 3 rings (SSSR count). The van der Waals surface area contributed by atoms with Gasteiger partial charge in [-0.15, -0.1) is 24.8 Å². The lowest BCUT2D eigenvalue weighted by Gasteiger charge is -2.32. The van der Waals surface area contributed by atoms with Gasteiger partial charge in [0, 0.05) is 42.9 Å². The van der Waals surface area contributed by atoms with Crippen molar-refractivity contribution >= 4 is 53.8 Å². The van der Waals surface area contributed by atoms with Crippen LogP contribution < -0.4 is 21.1 Å². The number of piperidine rings is 1. The number of likely N-dealkylation sites (tertiary alicyclic amines) is 1. The van der Waals surface area contributed by atoms with Gasteiger partial charge in [-0.25, -0.2) is 0 Å². The van der Waals surface area contributed by atoms with E-state index in [2.05, 4.69) is 15.5 Å². The van der Waals surface area contributed by atoms with Gasteiger partial charge < -0.3 is 26.0 Å². The lowest BCUT2D eigenvalue weighted by Crippen LogP contribution is -2.40. The van der Waals surface area contributed by atoms with Gasteiger partial charge in [0.15, 0.2) is 0 Å². The topological polar surface area (TPSA) is 127 Å². The van der Waals surface area contributed by atoms with Crippen LogP contribution in [0.3, 0.4) is 0 Å². The Bertz CT molecular complexity index is 960. The van der Waals surface area contributed by atoms with Gasteiger partial charge in [-0.3, -0.25) is 15.6 Å². The van der Waals surface area contributed by atoms with Crippen molar-refractivity contribution < 1.29 is 9.53 Å². The first kappa shape index (κ1) is 28.1. The third-order valence-electron chi connectivity index (χ3n) is 5.35. The van der Waals surface area contributed by atoms with Crippen LogP contribution in [0.15, 0.2) is 42.5 Å². The van der Waals surface area contributed by atoms with Gasteiger partial charge >= 0.3 is 0 Å². The number of aryl methyl sites for hydroxylation is 1. The van der Waals surface area contributed by atoms with Gasteiger partial charge in [-0.1, -0.05) is 12.1 Å². The molecule has 0 bridgehead atoms. The van der Waals surface area contributed by atoms with Gasteiger partial charge in [0.2, 0.25) is 5.91 Å². The predicted molar refractivity (Wildman–Crippen MR) is 139 cm³/mol. The largest absolute Gasteiger partial charge is 0.490 e. The first-order chi connectivity index (χ1) is 14.8. The minimum atomic E-state index is -0.171. The molecule has 0 spiro atoms. The summed E-state index contributed by atoms with van der Waals surface area (Å²) < 4.78 is 6.04. The van der Waals surface area contributed by atoms with Gasteiger partial charge in [0.05, 0.1) is 12.4 Å². The highest BCUT2D eigenvalue weighted by atomic mass is 35.5. The monoisotopic (exact) mass is 494 g/mol. The number of nitrogens with one attached hydrogen (secondary N) is 4. The predicted octanol–water partition coefficient (Wildman–Crippen LogP) is 4.01. The molecule has 180 valence electrons. The minimum Gasteiger partial charge on any atom is -0.490 e. The molecule has 0 aromatic heterocycles. The first-order valence-electron chi connectivity index (χ1n) is 10.4. The molecule has 6 N–H and O–H groups in total. The molecular weight excluding hydrogens is 463 g/mol. The molecule has 8 nitrogen and oxygen atoms in total. The molecule has 0 unspecified atom stereocenters. The van der Waals surface area contributed by atoms with Crippen LogP contribution in [0, 0.1) is 17.7 Å². The summed E-state index contributed by atoms with van der Waals surface area (Å²) in [7, 11) is 0. The average molecular weight is 495 g/mol. The molecular formula is C23H32Cl2N6O2. The van der Waals surface area contributed by atoms with E-state index in [4.69, 9.17) is 21.3 Å². The summed E-state index contributed by atoms with van der Waals surface area (Å²) in [6.07, 6.45) is 1.93. The molecule has 1 amide bonds. The van der Waals surface area contributed by atoms with E-state index < -0.39 is 0 Å². The second-order valence-corrected chi connectivity index (χ2v) is 7.76. The Morgan fingerprint density at radius 2 is 1.76 bits per heavy atom. The number of nitrogens with zero attached hydrogens (tertiary/aromatic N) is 1. The van der Waals surface area contributed by atoms with Crippen LogP contribution >= 0.6 is 24.8 Å². The number of rotatable bonds is 7. The maximum absolute atomic E-state index is 12.3. The molecule has 10 heteroatoms. The standard InChI is InChI=1S/C23H30N6O2.2ClH/c1-15-3-4-17(23(25)26)13-21(15)27-14-22(30)28-18-5-7-19(8-6-18)31-20-9-11-29(12-10-20)16(2)24;;/h3-8,13,20,24,27H,9-12,14H2,1-2H3,(H3,25,26)(H,28,30);2*1H. The maximum atomic E-state index is 12.3. The van der Waals surface area contributed by atoms with E-state index in [1.165, 1.54) is 0 Å². The Labute approximate surface area is 207 Å². The van der Waals surface area contributed by atoms with E-state index in [-0.39, 0.29) is 49.2 Å². The molecule has 0 saturated carbocycles. The quantitative estimate of drug-likeness (QED) is 0.293. The van der Waals surface area contributed by atoms with E-state index in [1.807, 2.05) is 44.2 Å². The summed E-state index contributed by atoms with van der Waals surface area (Å²) in [5.41, 5.74) is 8.59. The summed E-state index contributed by atoms with van der Waals surface area (Å²) >= 11 is 0. The number of anilines is 2. The fourth-order valence-corrected chi connectivity index (χ4v) is 3.48. The Kier molecular flexibility index (Phi) is 11.0. The molecule has 2 aromatic rings. The van der Waals surface area contributed by atoms with Gasteiger partial charge in [-0.2, -0.15) is 0 Å². The van der Waals surface area contributed by atoms with Crippen LogP contribution in [-0.4, -0.2) is 48.2 Å². The number of nitrogen functional groups attached to an aromatic ring is 1. The number of hydrogen-bond acceptors (Lipinski definition) is 5. The average Bonchev–Trinajstić information content (AvgIpc) is 2.75. The van der Waals surface area contributed by atoms with Crippen molar-refractivity contribution in [1.29, 1.82) is 10.8 Å². The van der Waals surface area contributed by atoms with Crippen molar-refractivity contribution in [1.82, 2.24) is 4.90 Å². The van der Waals surface area contributed by atoms with E-state index in [0.29, 0.717) is 17.1 Å². The van der Waals surface area contributed by atoms with Gasteiger partial charge in [0.1, 0.15) is 17.7 Å². The molecule has 1 aliphatic heterocycles. The zero-order valence-corrected chi connectivity index (χ0v) is 20.4. The van der Waals surface area contributed by atoms with E-state index >= 15 is 0 Å². The molecule has 33 heavy (non-hydrogen) atoms. The number of ether oxygens (including phenoxy) is 1. The Morgan fingerprint density at radius 3 is 2.33 bits per heavy atom. The smallest absolute Gasteiger partial charge is 0.243 e. The fraction of sp³-hybridized carbons (Fsp3) is 0.348. The Balaban J connectivity index is 0.00000272. The maximum Gasteiger partial charge on any atom is 0.243 e. The summed E-state index contributed by atoms with van der Waals surface area (Å²) in [6.45, 7) is 5.53. The first-order valence-corrected chi connectivity index (χ1v) is 10.4. The molecule has 0 aliphatic carbocycles. The number of amidine groups is 2. The van der Waals surface area contributed by atoms with Crippen LogP contribution in [0.4, 0.5) is 11.4 Å². The second kappa shape index (κ2) is 12.9. The highest BCUT2D eigenvalue weighted by Crippen LogP contribution is 2.21. The highest BCUT2D eigenvalue weighted by Gasteiger charge is 2.20. The number of benzene rings is 2. The molecule has 1 heterocycles. The number of halogens is 2. The zero-order valence-electron chi connectivity index (χ0n) is 18.8. The summed E-state index contributed by atoms with van der Waals surface area (Å²) in [5, 5.41) is 21.2. The van der Waals surface area contributed by atoms with E-state index in [9.17, 15) is 4.79 Å². The molecule has 0 atom stereocenters. The lowest BCUT2D eigenvalue weighted by molar-refractivity contribution is -0.114. The van der Waals surface area contributed by atoms with Crippen molar-refractivity contribution in [3.8, 4) is 5.75 Å². The van der Waals surface area contributed by atoms with Crippen molar-refractivity contribution in [2.75, 3.05) is 30.3 Å². The van der Waals surface area contributed by atoms with Crippen LogP contribution in [-0.2, 0) is 4.79 Å². The molecule has 1 fully saturated rings. The summed E-state index contributed by atoms with van der Waals surface area (Å²) in [4.78, 5) is 14.4. The number of amides is 1. The van der Waals surface area contributed by atoms with Crippen LogP contribution in [0.2, 0.25) is 0 Å². The molecule has 2 aromatic carbocycles.